The molecule has 10 heteroatoms. The molecule has 0 aromatic rings. The molecule has 446 valence electrons. The molecule has 0 aliphatic carbocycles. The normalized spacial score (nSPS) is 14.1. The molecule has 2 unspecified atom stereocenters. The van der Waals surface area contributed by atoms with Crippen LogP contribution in [-0.2, 0) is 32.7 Å². The van der Waals surface area contributed by atoms with Crippen molar-refractivity contribution < 1.29 is 42.1 Å². The first-order valence-electron chi connectivity index (χ1n) is 31.2. The molecule has 0 radical (unpaired) electrons. The largest absolute Gasteiger partial charge is 0.756 e. The number of quaternary nitrogens is 1. The van der Waals surface area contributed by atoms with Gasteiger partial charge in [-0.05, 0) is 109 Å². The second kappa shape index (κ2) is 58.1. The van der Waals surface area contributed by atoms with Crippen LogP contribution in [0.4, 0.5) is 0 Å². The molecule has 9 nitrogen and oxygen atoms in total. The van der Waals surface area contributed by atoms with Crippen LogP contribution < -0.4 is 4.89 Å². The van der Waals surface area contributed by atoms with Crippen LogP contribution in [0.15, 0.2) is 122 Å². The molecule has 2 atom stereocenters. The number of likely N-dealkylation sites (N-methyl/N-ethyl adjacent to an activating group) is 1. The highest BCUT2D eigenvalue weighted by Gasteiger charge is 2.22. The van der Waals surface area contributed by atoms with Crippen LogP contribution >= 0.6 is 7.82 Å². The summed E-state index contributed by atoms with van der Waals surface area (Å²) in [5.74, 6) is -0.855. The summed E-state index contributed by atoms with van der Waals surface area (Å²) in [6, 6.07) is 0. The van der Waals surface area contributed by atoms with Crippen molar-refractivity contribution in [1.82, 2.24) is 0 Å². The van der Waals surface area contributed by atoms with Gasteiger partial charge in [0.1, 0.15) is 19.8 Å². The number of phosphoric ester groups is 1. The monoisotopic (exact) mass is 1110 g/mol. The van der Waals surface area contributed by atoms with Crippen LogP contribution in [-0.4, -0.2) is 70.0 Å². The number of unbranched alkanes of at least 4 members (excludes halogenated alkanes) is 22. The van der Waals surface area contributed by atoms with Crippen molar-refractivity contribution in [3.8, 4) is 0 Å². The lowest BCUT2D eigenvalue weighted by molar-refractivity contribution is -0.870. The fourth-order valence-corrected chi connectivity index (χ4v) is 8.90. The first kappa shape index (κ1) is 74.4. The van der Waals surface area contributed by atoms with E-state index in [2.05, 4.69) is 135 Å². The molecule has 0 aromatic heterocycles. The Morgan fingerprint density at radius 2 is 0.731 bits per heavy atom. The van der Waals surface area contributed by atoms with Crippen LogP contribution in [0.5, 0.6) is 0 Å². The van der Waals surface area contributed by atoms with E-state index >= 15 is 0 Å². The molecule has 0 rings (SSSR count). The van der Waals surface area contributed by atoms with Crippen molar-refractivity contribution in [2.75, 3.05) is 47.5 Å². The van der Waals surface area contributed by atoms with E-state index in [4.69, 9.17) is 18.5 Å². The molecule has 0 saturated heterocycles. The van der Waals surface area contributed by atoms with Crippen LogP contribution in [0.1, 0.15) is 245 Å². The molecule has 0 bridgehead atoms. The van der Waals surface area contributed by atoms with Crippen molar-refractivity contribution in [3.05, 3.63) is 122 Å². The fraction of sp³-hybridized carbons (Fsp3) is 0.676. The van der Waals surface area contributed by atoms with Crippen molar-refractivity contribution in [2.45, 2.75) is 251 Å². The van der Waals surface area contributed by atoms with E-state index in [0.29, 0.717) is 23.9 Å². The van der Waals surface area contributed by atoms with Gasteiger partial charge in [-0.15, -0.1) is 0 Å². The zero-order valence-electron chi connectivity index (χ0n) is 50.6. The Balaban J connectivity index is 4.17. The third-order valence-corrected chi connectivity index (χ3v) is 13.9. The zero-order valence-corrected chi connectivity index (χ0v) is 51.5. The molecule has 78 heavy (non-hydrogen) atoms. The van der Waals surface area contributed by atoms with E-state index in [1.54, 1.807) is 0 Å². The van der Waals surface area contributed by atoms with Crippen molar-refractivity contribution >= 4 is 19.8 Å². The van der Waals surface area contributed by atoms with Gasteiger partial charge in [0.2, 0.25) is 0 Å². The van der Waals surface area contributed by atoms with Crippen LogP contribution in [0, 0.1) is 0 Å². The zero-order chi connectivity index (χ0) is 57.0. The van der Waals surface area contributed by atoms with Crippen LogP contribution in [0.2, 0.25) is 0 Å². The number of allylic oxidation sites excluding steroid dienone is 20. The smallest absolute Gasteiger partial charge is 0.306 e. The molecule has 0 aromatic carbocycles. The molecule has 0 fully saturated rings. The lowest BCUT2D eigenvalue weighted by Gasteiger charge is -2.28. The lowest BCUT2D eigenvalue weighted by atomic mass is 10.0. The van der Waals surface area contributed by atoms with Crippen molar-refractivity contribution in [2.24, 2.45) is 0 Å². The topological polar surface area (TPSA) is 111 Å². The first-order valence-corrected chi connectivity index (χ1v) is 32.7. The molecule has 0 aliphatic heterocycles. The van der Waals surface area contributed by atoms with Crippen molar-refractivity contribution in [3.63, 3.8) is 0 Å². The van der Waals surface area contributed by atoms with E-state index in [1.807, 2.05) is 21.1 Å². The summed E-state index contributed by atoms with van der Waals surface area (Å²) in [6.45, 7) is 4.09. The summed E-state index contributed by atoms with van der Waals surface area (Å²) in [7, 11) is 1.14. The summed E-state index contributed by atoms with van der Waals surface area (Å²) in [6.07, 6.45) is 82.5. The highest BCUT2D eigenvalue weighted by molar-refractivity contribution is 7.45. The predicted molar refractivity (Wildman–Crippen MR) is 332 cm³/mol. The third kappa shape index (κ3) is 61.6. The minimum absolute atomic E-state index is 0.0395. The quantitative estimate of drug-likeness (QED) is 0.0195. The predicted octanol–water partition coefficient (Wildman–Crippen LogP) is 19.3. The summed E-state index contributed by atoms with van der Waals surface area (Å²) < 4.78 is 34.2. The second-order valence-corrected chi connectivity index (χ2v) is 23.1. The minimum atomic E-state index is -4.65. The Kier molecular flexibility index (Phi) is 55.4. The number of carbonyl (C=O) groups excluding carboxylic acids is 2. The molecular formula is C68H116NO8P. The van der Waals surface area contributed by atoms with Crippen LogP contribution in [0.3, 0.4) is 0 Å². The van der Waals surface area contributed by atoms with Gasteiger partial charge in [0.05, 0.1) is 27.7 Å². The van der Waals surface area contributed by atoms with Gasteiger partial charge in [-0.2, -0.15) is 0 Å². The number of carbonyl (C=O) groups is 2. The summed E-state index contributed by atoms with van der Waals surface area (Å²) in [5, 5.41) is 0. The van der Waals surface area contributed by atoms with Gasteiger partial charge in [0, 0.05) is 12.8 Å². The van der Waals surface area contributed by atoms with Gasteiger partial charge in [-0.25, -0.2) is 0 Å². The lowest BCUT2D eigenvalue weighted by Crippen LogP contribution is -2.37. The fourth-order valence-electron chi connectivity index (χ4n) is 8.17. The maximum absolute atomic E-state index is 12.8. The number of nitrogens with zero attached hydrogens (tertiary/aromatic N) is 1. The summed E-state index contributed by atoms with van der Waals surface area (Å²) in [4.78, 5) is 37.9. The average molecular weight is 1110 g/mol. The van der Waals surface area contributed by atoms with E-state index in [-0.39, 0.29) is 26.1 Å². The SMILES string of the molecule is CC/C=C\C/C=C\C/C=C\C/C=C\C/C=C\C/C=C\C/C=C\CCCCCCCCCCCCCC(=O)OC(COC(=O)CCCCCCCC/C=C\C/C=C\C/C=C\CCCCCCC)COP(=O)([O-])OCC[N+](C)(C)C. The average Bonchev–Trinajstić information content (AvgIpc) is 3.41. The Bertz CT molecular complexity index is 1730. The molecule has 0 spiro atoms. The van der Waals surface area contributed by atoms with E-state index in [0.717, 1.165) is 122 Å². The van der Waals surface area contributed by atoms with Gasteiger partial charge in [0.25, 0.3) is 7.82 Å². The van der Waals surface area contributed by atoms with Gasteiger partial charge in [0.15, 0.2) is 6.10 Å². The van der Waals surface area contributed by atoms with E-state index in [9.17, 15) is 19.0 Å². The molecule has 0 heterocycles. The highest BCUT2D eigenvalue weighted by Crippen LogP contribution is 2.38. The molecule has 0 N–H and O–H groups in total. The number of hydrogen-bond acceptors (Lipinski definition) is 8. The second-order valence-electron chi connectivity index (χ2n) is 21.7. The number of phosphoric acid groups is 1. The number of ether oxygens (including phenoxy) is 2. The maximum atomic E-state index is 12.8. The van der Waals surface area contributed by atoms with E-state index in [1.165, 1.54) is 83.5 Å². The standard InChI is InChI=1S/C68H116NO8P/c1-6-8-10-12-14-16-18-20-22-24-26-28-29-30-31-32-33-34-35-36-37-38-39-41-43-45-47-49-51-53-55-57-59-61-68(71)77-66(65-76-78(72,73)75-63-62-69(3,4)5)64-74-67(70)60-58-56-54-52-50-48-46-44-42-40-27-25-23-21-19-17-15-13-11-9-7-2/h8,10,14,16,19-22,25-28,30-31,33-34,36-37,42,44,66H,6-7,9,11-13,15,17-18,23-24,29,32,35,38-41,43,45-65H2,1-5H3/b10-8-,16-14-,21-19-,22-20-,27-25-,28-26-,31-30-,34-33-,37-36-,44-42-. The third-order valence-electron chi connectivity index (χ3n) is 13.0. The number of rotatable bonds is 56. The number of esters is 2. The Hall–Kier alpha value is -3.59. The van der Waals surface area contributed by atoms with Gasteiger partial charge in [-0.1, -0.05) is 245 Å². The number of hydrogen-bond donors (Lipinski definition) is 0. The molecule has 0 amide bonds. The van der Waals surface area contributed by atoms with Gasteiger partial charge in [-0.3, -0.25) is 14.2 Å². The first-order chi connectivity index (χ1) is 38.0. The van der Waals surface area contributed by atoms with Crippen LogP contribution in [0.25, 0.3) is 0 Å². The molecular weight excluding hydrogens is 990 g/mol. The summed E-state index contributed by atoms with van der Waals surface area (Å²) in [5.41, 5.74) is 0. The van der Waals surface area contributed by atoms with E-state index < -0.39 is 32.5 Å². The molecule has 0 aliphatic rings. The highest BCUT2D eigenvalue weighted by atomic mass is 31.2. The van der Waals surface area contributed by atoms with Gasteiger partial charge >= 0.3 is 11.9 Å². The maximum Gasteiger partial charge on any atom is 0.306 e. The minimum Gasteiger partial charge on any atom is -0.756 e. The van der Waals surface area contributed by atoms with Crippen molar-refractivity contribution in [1.29, 1.82) is 0 Å². The molecule has 0 saturated carbocycles. The Morgan fingerprint density at radius 1 is 0.410 bits per heavy atom. The Labute approximate surface area is 479 Å². The summed E-state index contributed by atoms with van der Waals surface area (Å²) >= 11 is 0. The Morgan fingerprint density at radius 3 is 1.09 bits per heavy atom. The van der Waals surface area contributed by atoms with Gasteiger partial charge < -0.3 is 27.9 Å².